The van der Waals surface area contributed by atoms with Crippen molar-refractivity contribution in [2.24, 2.45) is 0 Å². The Balaban J connectivity index is 2.72. The van der Waals surface area contributed by atoms with Crippen LogP contribution in [0.2, 0.25) is 0 Å². The van der Waals surface area contributed by atoms with Crippen molar-refractivity contribution in [1.29, 1.82) is 0 Å². The van der Waals surface area contributed by atoms with Gasteiger partial charge in [-0.3, -0.25) is 5.10 Å². The summed E-state index contributed by atoms with van der Waals surface area (Å²) in [5.41, 5.74) is 0. The molecule has 0 spiro atoms. The molecule has 0 bridgehead atoms. The summed E-state index contributed by atoms with van der Waals surface area (Å²) in [7, 11) is -3.45. The zero-order valence-corrected chi connectivity index (χ0v) is 10.3. The summed E-state index contributed by atoms with van der Waals surface area (Å²) in [5, 5.41) is 6.22. The van der Waals surface area contributed by atoms with Crippen molar-refractivity contribution in [3.05, 3.63) is 12.3 Å². The van der Waals surface area contributed by atoms with E-state index in [0.717, 1.165) is 0 Å². The summed E-state index contributed by atoms with van der Waals surface area (Å²) in [6.45, 7) is 5.42. The van der Waals surface area contributed by atoms with Gasteiger partial charge < -0.3 is 4.74 Å². The summed E-state index contributed by atoms with van der Waals surface area (Å²) in [4.78, 5) is 0. The van der Waals surface area contributed by atoms with Crippen LogP contribution >= 0.6 is 0 Å². The minimum Gasteiger partial charge on any atom is -0.380 e. The highest BCUT2D eigenvalue weighted by Crippen LogP contribution is 2.11. The Morgan fingerprint density at radius 3 is 2.75 bits per heavy atom. The molecule has 0 aliphatic heterocycles. The van der Waals surface area contributed by atoms with Crippen LogP contribution in [0.3, 0.4) is 0 Å². The molecule has 1 heterocycles. The largest absolute Gasteiger partial charge is 0.380 e. The molecule has 0 aromatic carbocycles. The first-order valence-corrected chi connectivity index (χ1v) is 6.64. The van der Waals surface area contributed by atoms with Crippen molar-refractivity contribution < 1.29 is 13.2 Å². The number of aromatic amines is 1. The van der Waals surface area contributed by atoms with E-state index in [1.807, 2.05) is 6.92 Å². The number of aromatic nitrogens is 2. The molecule has 92 valence electrons. The van der Waals surface area contributed by atoms with Crippen LogP contribution in [0.25, 0.3) is 0 Å². The topological polar surface area (TPSA) is 75.3 Å². The van der Waals surface area contributed by atoms with Gasteiger partial charge in [-0.25, -0.2) is 8.42 Å². The first kappa shape index (κ1) is 13.1. The Morgan fingerprint density at radius 2 is 2.25 bits per heavy atom. The number of likely N-dealkylation sites (N-methyl/N-ethyl adjacent to an activating group) is 1. The molecule has 0 saturated carbocycles. The first-order chi connectivity index (χ1) is 7.62. The summed E-state index contributed by atoms with van der Waals surface area (Å²) in [5.74, 6) is 0. The van der Waals surface area contributed by atoms with Gasteiger partial charge in [0.1, 0.15) is 0 Å². The van der Waals surface area contributed by atoms with E-state index in [9.17, 15) is 8.42 Å². The molecule has 0 unspecified atom stereocenters. The van der Waals surface area contributed by atoms with Crippen molar-refractivity contribution in [2.45, 2.75) is 18.9 Å². The second-order valence-electron chi connectivity index (χ2n) is 3.11. The number of hydrogen-bond donors (Lipinski definition) is 1. The first-order valence-electron chi connectivity index (χ1n) is 5.20. The standard InChI is InChI=1S/C9H17N3O3S/c1-3-12(7-8-15-4-2)16(13,14)9-5-6-10-11-9/h5-6H,3-4,7-8H2,1-2H3,(H,10,11). The molecule has 0 atom stereocenters. The van der Waals surface area contributed by atoms with Gasteiger partial charge in [-0.15, -0.1) is 0 Å². The van der Waals surface area contributed by atoms with Gasteiger partial charge in [-0.1, -0.05) is 6.92 Å². The van der Waals surface area contributed by atoms with E-state index in [1.165, 1.54) is 16.6 Å². The van der Waals surface area contributed by atoms with E-state index in [0.29, 0.717) is 26.3 Å². The predicted octanol–water partition coefficient (Wildman–Crippen LogP) is 0.457. The molecular weight excluding hydrogens is 230 g/mol. The number of nitrogens with zero attached hydrogens (tertiary/aromatic N) is 2. The van der Waals surface area contributed by atoms with Gasteiger partial charge in [-0.2, -0.15) is 9.40 Å². The van der Waals surface area contributed by atoms with Crippen LogP contribution in [0.5, 0.6) is 0 Å². The molecule has 16 heavy (non-hydrogen) atoms. The Bertz CT molecular complexity index is 388. The smallest absolute Gasteiger partial charge is 0.260 e. The number of H-pyrrole nitrogens is 1. The molecule has 1 aromatic rings. The SMILES string of the molecule is CCOCCN(CC)S(=O)(=O)c1ccn[nH]1. The quantitative estimate of drug-likeness (QED) is 0.710. The second kappa shape index (κ2) is 5.97. The maximum absolute atomic E-state index is 12.0. The van der Waals surface area contributed by atoms with Crippen molar-refractivity contribution in [1.82, 2.24) is 14.5 Å². The van der Waals surface area contributed by atoms with Crippen molar-refractivity contribution in [2.75, 3.05) is 26.3 Å². The van der Waals surface area contributed by atoms with Crippen LogP contribution in [0.1, 0.15) is 13.8 Å². The molecule has 0 saturated heterocycles. The van der Waals surface area contributed by atoms with Gasteiger partial charge in [0.15, 0.2) is 5.03 Å². The summed E-state index contributed by atoms with van der Waals surface area (Å²) in [6.07, 6.45) is 1.42. The molecule has 0 aliphatic rings. The highest BCUT2D eigenvalue weighted by molar-refractivity contribution is 7.89. The van der Waals surface area contributed by atoms with Crippen molar-refractivity contribution >= 4 is 10.0 Å². The van der Waals surface area contributed by atoms with E-state index in [1.54, 1.807) is 6.92 Å². The number of hydrogen-bond acceptors (Lipinski definition) is 4. The van der Waals surface area contributed by atoms with Crippen LogP contribution in [0, 0.1) is 0 Å². The van der Waals surface area contributed by atoms with Crippen molar-refractivity contribution in [3.8, 4) is 0 Å². The summed E-state index contributed by atoms with van der Waals surface area (Å²) >= 11 is 0. The Morgan fingerprint density at radius 1 is 1.50 bits per heavy atom. The molecule has 1 N–H and O–H groups in total. The van der Waals surface area contributed by atoms with Crippen LogP contribution in [-0.2, 0) is 14.8 Å². The minimum atomic E-state index is -3.45. The zero-order chi connectivity index (χ0) is 12.0. The lowest BCUT2D eigenvalue weighted by molar-refractivity contribution is 0.135. The van der Waals surface area contributed by atoms with Crippen LogP contribution in [0.15, 0.2) is 17.3 Å². The third-order valence-corrected chi connectivity index (χ3v) is 4.04. The fourth-order valence-electron chi connectivity index (χ4n) is 1.28. The normalized spacial score (nSPS) is 12.2. The average molecular weight is 247 g/mol. The lowest BCUT2D eigenvalue weighted by atomic mass is 10.6. The summed E-state index contributed by atoms with van der Waals surface area (Å²) < 4.78 is 30.5. The lowest BCUT2D eigenvalue weighted by Crippen LogP contribution is -2.34. The molecule has 0 fully saturated rings. The minimum absolute atomic E-state index is 0.117. The fraction of sp³-hybridized carbons (Fsp3) is 0.667. The molecule has 0 aliphatic carbocycles. The molecule has 1 rings (SSSR count). The number of rotatable bonds is 7. The second-order valence-corrected chi connectivity index (χ2v) is 5.02. The Labute approximate surface area is 95.7 Å². The molecule has 6 nitrogen and oxygen atoms in total. The van der Waals surface area contributed by atoms with Gasteiger partial charge in [0.2, 0.25) is 0 Å². The lowest BCUT2D eigenvalue weighted by Gasteiger charge is -2.18. The highest BCUT2D eigenvalue weighted by atomic mass is 32.2. The highest BCUT2D eigenvalue weighted by Gasteiger charge is 2.23. The van der Waals surface area contributed by atoms with E-state index in [2.05, 4.69) is 10.2 Å². The third-order valence-electron chi connectivity index (χ3n) is 2.13. The van der Waals surface area contributed by atoms with Crippen molar-refractivity contribution in [3.63, 3.8) is 0 Å². The number of nitrogens with one attached hydrogen (secondary N) is 1. The van der Waals surface area contributed by atoms with E-state index in [-0.39, 0.29) is 5.03 Å². The van der Waals surface area contributed by atoms with Crippen LogP contribution < -0.4 is 0 Å². The fourth-order valence-corrected chi connectivity index (χ4v) is 2.62. The van der Waals surface area contributed by atoms with Crippen LogP contribution in [-0.4, -0.2) is 49.2 Å². The predicted molar refractivity (Wildman–Crippen MR) is 59.5 cm³/mol. The van der Waals surface area contributed by atoms with Gasteiger partial charge in [0, 0.05) is 19.7 Å². The van der Waals surface area contributed by atoms with E-state index in [4.69, 9.17) is 4.74 Å². The molecule has 0 amide bonds. The summed E-state index contributed by atoms with van der Waals surface area (Å²) in [6, 6.07) is 1.44. The average Bonchev–Trinajstić information content (AvgIpc) is 2.78. The third kappa shape index (κ3) is 3.03. The monoisotopic (exact) mass is 247 g/mol. The van der Waals surface area contributed by atoms with Gasteiger partial charge in [0.25, 0.3) is 10.0 Å². The molecule has 0 radical (unpaired) electrons. The van der Waals surface area contributed by atoms with Crippen LogP contribution in [0.4, 0.5) is 0 Å². The van der Waals surface area contributed by atoms with Gasteiger partial charge >= 0.3 is 0 Å². The number of sulfonamides is 1. The van der Waals surface area contributed by atoms with E-state index >= 15 is 0 Å². The zero-order valence-electron chi connectivity index (χ0n) is 9.51. The molecular formula is C9H17N3O3S. The Kier molecular flexibility index (Phi) is 4.91. The number of ether oxygens (including phenoxy) is 1. The molecule has 7 heteroatoms. The maximum atomic E-state index is 12.0. The van der Waals surface area contributed by atoms with Gasteiger partial charge in [0.05, 0.1) is 12.8 Å². The Hall–Kier alpha value is -0.920. The van der Waals surface area contributed by atoms with E-state index < -0.39 is 10.0 Å². The van der Waals surface area contributed by atoms with Gasteiger partial charge in [-0.05, 0) is 13.0 Å². The maximum Gasteiger partial charge on any atom is 0.260 e. The molecule has 1 aromatic heterocycles.